The Morgan fingerprint density at radius 2 is 2.09 bits per heavy atom. The molecule has 0 atom stereocenters. The summed E-state index contributed by atoms with van der Waals surface area (Å²) < 4.78 is 7.61. The Morgan fingerprint density at radius 1 is 1.32 bits per heavy atom. The Morgan fingerprint density at radius 3 is 2.82 bits per heavy atom. The summed E-state index contributed by atoms with van der Waals surface area (Å²) in [6.45, 7) is 3.13. The van der Waals surface area contributed by atoms with Gasteiger partial charge < -0.3 is 4.74 Å². The summed E-state index contributed by atoms with van der Waals surface area (Å²) >= 11 is 0. The van der Waals surface area contributed by atoms with Gasteiger partial charge >= 0.3 is 0 Å². The number of hydrogen-bond donors (Lipinski definition) is 1. The van der Waals surface area contributed by atoms with Crippen LogP contribution < -0.4 is 10.2 Å². The van der Waals surface area contributed by atoms with E-state index in [1.807, 2.05) is 23.7 Å². The number of hydrazone groups is 1. The molecule has 0 saturated carbocycles. The van der Waals surface area contributed by atoms with Crippen molar-refractivity contribution in [2.24, 2.45) is 5.10 Å². The van der Waals surface area contributed by atoms with Crippen LogP contribution in [0.3, 0.4) is 0 Å². The van der Waals surface area contributed by atoms with Crippen molar-refractivity contribution < 1.29 is 4.74 Å². The van der Waals surface area contributed by atoms with Gasteiger partial charge in [-0.25, -0.2) is 0 Å². The first-order valence-corrected chi connectivity index (χ1v) is 6.65. The molecule has 2 rings (SSSR count). The molecule has 22 heavy (non-hydrogen) atoms. The third-order valence-electron chi connectivity index (χ3n) is 2.87. The Hall–Kier alpha value is -3.32. The molecule has 2 aromatic rings. The van der Waals surface area contributed by atoms with Crippen LogP contribution in [-0.2, 0) is 13.2 Å². The van der Waals surface area contributed by atoms with Crippen LogP contribution in [-0.4, -0.2) is 15.5 Å². The maximum atomic E-state index is 8.68. The first kappa shape index (κ1) is 15.1. The number of rotatable bonds is 6. The van der Waals surface area contributed by atoms with Crippen LogP contribution in [0.4, 0.5) is 5.69 Å². The molecule has 0 aliphatic rings. The first-order chi connectivity index (χ1) is 10.8. The van der Waals surface area contributed by atoms with Gasteiger partial charge in [0.25, 0.3) is 0 Å². The summed E-state index contributed by atoms with van der Waals surface area (Å²) in [6, 6.07) is 12.4. The van der Waals surface area contributed by atoms with Crippen molar-refractivity contribution >= 4 is 11.4 Å². The smallest absolute Gasteiger partial charge is 0.237 e. The standard InChI is InChI=1S/C15H14N6O/c1-2-21-13(7-8-18-21)11-22-15-6-4-3-5-14(15)20-19-12(9-16)10-17/h3-8,20H,2,11H2,1H3. The minimum absolute atomic E-state index is 0.251. The van der Waals surface area contributed by atoms with Crippen LogP contribution in [0, 0.1) is 22.7 Å². The molecule has 1 aromatic heterocycles. The average Bonchev–Trinajstić information content (AvgIpc) is 3.02. The molecule has 1 heterocycles. The number of aryl methyl sites for hydroxylation is 1. The number of aromatic nitrogens is 2. The third-order valence-corrected chi connectivity index (χ3v) is 2.87. The van der Waals surface area contributed by atoms with E-state index in [1.54, 1.807) is 36.5 Å². The highest BCUT2D eigenvalue weighted by Gasteiger charge is 2.06. The van der Waals surface area contributed by atoms with Gasteiger partial charge in [0.2, 0.25) is 5.71 Å². The molecule has 0 bridgehead atoms. The van der Waals surface area contributed by atoms with Crippen LogP contribution in [0.5, 0.6) is 5.75 Å². The van der Waals surface area contributed by atoms with Gasteiger partial charge in [0.05, 0.1) is 11.4 Å². The maximum Gasteiger partial charge on any atom is 0.237 e. The summed E-state index contributed by atoms with van der Waals surface area (Å²) in [5.41, 5.74) is 3.95. The number of nitrogens with one attached hydrogen (secondary N) is 1. The van der Waals surface area contributed by atoms with Gasteiger partial charge in [-0.3, -0.25) is 10.1 Å². The van der Waals surface area contributed by atoms with Gasteiger partial charge in [-0.15, -0.1) is 0 Å². The Kier molecular flexibility index (Phi) is 5.11. The number of benzene rings is 1. The molecular formula is C15H14N6O. The highest BCUT2D eigenvalue weighted by Crippen LogP contribution is 2.24. The lowest BCUT2D eigenvalue weighted by atomic mass is 10.3. The Labute approximate surface area is 128 Å². The van der Waals surface area contributed by atoms with Gasteiger partial charge in [-0.05, 0) is 25.1 Å². The monoisotopic (exact) mass is 294 g/mol. The van der Waals surface area contributed by atoms with E-state index in [2.05, 4.69) is 15.6 Å². The van der Waals surface area contributed by atoms with E-state index in [0.717, 1.165) is 12.2 Å². The van der Waals surface area contributed by atoms with E-state index in [9.17, 15) is 0 Å². The summed E-state index contributed by atoms with van der Waals surface area (Å²) in [5.74, 6) is 0.574. The van der Waals surface area contributed by atoms with Gasteiger partial charge in [0, 0.05) is 12.7 Å². The van der Waals surface area contributed by atoms with Crippen molar-refractivity contribution in [2.45, 2.75) is 20.1 Å². The molecule has 7 nitrogen and oxygen atoms in total. The number of nitrogens with zero attached hydrogens (tertiary/aromatic N) is 5. The normalized spacial score (nSPS) is 9.41. The quantitative estimate of drug-likeness (QED) is 0.651. The molecule has 1 N–H and O–H groups in total. The van der Waals surface area contributed by atoms with Crippen LogP contribution in [0.25, 0.3) is 0 Å². The van der Waals surface area contributed by atoms with Crippen molar-refractivity contribution in [2.75, 3.05) is 5.43 Å². The van der Waals surface area contributed by atoms with Crippen LogP contribution >= 0.6 is 0 Å². The Bertz CT molecular complexity index is 734. The largest absolute Gasteiger partial charge is 0.485 e. The van der Waals surface area contributed by atoms with Crippen molar-refractivity contribution in [3.8, 4) is 17.9 Å². The predicted molar refractivity (Wildman–Crippen MR) is 81.0 cm³/mol. The zero-order valence-electron chi connectivity index (χ0n) is 12.0. The second-order valence-electron chi connectivity index (χ2n) is 4.22. The fourth-order valence-electron chi connectivity index (χ4n) is 1.80. The van der Waals surface area contributed by atoms with Crippen LogP contribution in [0.15, 0.2) is 41.6 Å². The highest BCUT2D eigenvalue weighted by molar-refractivity contribution is 6.10. The molecule has 0 amide bonds. The zero-order chi connectivity index (χ0) is 15.8. The lowest BCUT2D eigenvalue weighted by Crippen LogP contribution is -2.07. The highest BCUT2D eigenvalue weighted by atomic mass is 16.5. The zero-order valence-corrected chi connectivity index (χ0v) is 12.0. The molecule has 0 fully saturated rings. The molecule has 0 aliphatic heterocycles. The van der Waals surface area contributed by atoms with Crippen molar-refractivity contribution in [3.63, 3.8) is 0 Å². The molecule has 0 aliphatic carbocycles. The number of para-hydroxylation sites is 2. The average molecular weight is 294 g/mol. The predicted octanol–water partition coefficient (Wildman–Crippen LogP) is 2.30. The SMILES string of the molecule is CCn1nccc1COc1ccccc1NN=C(C#N)C#N. The second kappa shape index (κ2) is 7.46. The van der Waals surface area contributed by atoms with E-state index in [0.29, 0.717) is 18.0 Å². The molecule has 0 radical (unpaired) electrons. The van der Waals surface area contributed by atoms with Crippen molar-refractivity contribution in [1.29, 1.82) is 10.5 Å². The van der Waals surface area contributed by atoms with E-state index < -0.39 is 0 Å². The summed E-state index contributed by atoms with van der Waals surface area (Å²) in [4.78, 5) is 0. The third kappa shape index (κ3) is 3.62. The fraction of sp³-hybridized carbons (Fsp3) is 0.200. The van der Waals surface area contributed by atoms with Crippen LogP contribution in [0.2, 0.25) is 0 Å². The minimum Gasteiger partial charge on any atom is -0.485 e. The molecule has 1 aromatic carbocycles. The molecule has 0 unspecified atom stereocenters. The number of hydrogen-bond acceptors (Lipinski definition) is 6. The van der Waals surface area contributed by atoms with Crippen molar-refractivity contribution in [1.82, 2.24) is 9.78 Å². The molecule has 7 heteroatoms. The van der Waals surface area contributed by atoms with Gasteiger partial charge in [0.1, 0.15) is 24.5 Å². The summed E-state index contributed by atoms with van der Waals surface area (Å²) in [6.07, 6.45) is 1.72. The van der Waals surface area contributed by atoms with Gasteiger partial charge in [-0.2, -0.15) is 20.7 Å². The van der Waals surface area contributed by atoms with Crippen molar-refractivity contribution in [3.05, 3.63) is 42.2 Å². The molecule has 0 spiro atoms. The first-order valence-electron chi connectivity index (χ1n) is 6.65. The number of anilines is 1. The van der Waals surface area contributed by atoms with Gasteiger partial charge in [-0.1, -0.05) is 12.1 Å². The molecular weight excluding hydrogens is 280 g/mol. The number of ether oxygens (including phenoxy) is 1. The van der Waals surface area contributed by atoms with E-state index in [1.165, 1.54) is 0 Å². The lowest BCUT2D eigenvalue weighted by molar-refractivity contribution is 0.294. The summed E-state index contributed by atoms with van der Waals surface area (Å²) in [7, 11) is 0. The van der Waals surface area contributed by atoms with E-state index in [4.69, 9.17) is 15.3 Å². The van der Waals surface area contributed by atoms with E-state index >= 15 is 0 Å². The van der Waals surface area contributed by atoms with Crippen LogP contribution in [0.1, 0.15) is 12.6 Å². The molecule has 110 valence electrons. The molecule has 0 saturated heterocycles. The van der Waals surface area contributed by atoms with E-state index in [-0.39, 0.29) is 5.71 Å². The minimum atomic E-state index is -0.251. The summed E-state index contributed by atoms with van der Waals surface area (Å²) in [5, 5.41) is 25.2. The number of nitriles is 2. The Balaban J connectivity index is 2.11. The fourth-order valence-corrected chi connectivity index (χ4v) is 1.80. The lowest BCUT2D eigenvalue weighted by Gasteiger charge is -2.11. The maximum absolute atomic E-state index is 8.68. The van der Waals surface area contributed by atoms with Gasteiger partial charge in [0.15, 0.2) is 0 Å². The topological polar surface area (TPSA) is 99.0 Å². The second-order valence-corrected chi connectivity index (χ2v) is 4.22.